The highest BCUT2D eigenvalue weighted by Crippen LogP contribution is 2.33. The van der Waals surface area contributed by atoms with Crippen molar-refractivity contribution in [3.8, 4) is 0 Å². The molecule has 68 valence electrons. The van der Waals surface area contributed by atoms with E-state index in [1.165, 1.54) is 0 Å². The first-order valence-corrected chi connectivity index (χ1v) is 4.38. The minimum atomic E-state index is 0.681. The maximum atomic E-state index is 6.03. The second-order valence-electron chi connectivity index (χ2n) is 2.92. The van der Waals surface area contributed by atoms with E-state index in [2.05, 4.69) is 18.3 Å². The zero-order valence-corrected chi connectivity index (χ0v) is 8.65. The van der Waals surface area contributed by atoms with Crippen molar-refractivity contribution < 1.29 is 0 Å². The average molecular weight is 194 g/mol. The predicted octanol–water partition coefficient (Wildman–Crippen LogP) is 3.93. The van der Waals surface area contributed by atoms with Gasteiger partial charge >= 0.3 is 0 Å². The van der Waals surface area contributed by atoms with Gasteiger partial charge in [0.15, 0.2) is 0 Å². The van der Waals surface area contributed by atoms with Crippen LogP contribution in [-0.4, -0.2) is 6.72 Å². The Morgan fingerprint density at radius 1 is 1.46 bits per heavy atom. The number of rotatable bonds is 2. The molecule has 0 aromatic heterocycles. The number of hydrogen-bond donors (Lipinski definition) is 0. The fourth-order valence-corrected chi connectivity index (χ4v) is 1.61. The minimum Gasteiger partial charge on any atom is -0.264 e. The van der Waals surface area contributed by atoms with E-state index in [-0.39, 0.29) is 0 Å². The standard InChI is InChI=1S/C11H12ClN/c1-5-9-10(12)6-7(2)8(3)11(9)13-4/h5-6H,1,4H2,2-3H3. The minimum absolute atomic E-state index is 0.681. The summed E-state index contributed by atoms with van der Waals surface area (Å²) in [6.45, 7) is 11.2. The Kier molecular flexibility index (Phi) is 2.89. The van der Waals surface area contributed by atoms with Gasteiger partial charge in [0.25, 0.3) is 0 Å². The van der Waals surface area contributed by atoms with Crippen LogP contribution in [0.5, 0.6) is 0 Å². The first-order valence-electron chi connectivity index (χ1n) is 4.00. The number of aryl methyl sites for hydroxylation is 1. The Balaban J connectivity index is 3.59. The quantitative estimate of drug-likeness (QED) is 0.631. The maximum absolute atomic E-state index is 6.03. The largest absolute Gasteiger partial charge is 0.264 e. The summed E-state index contributed by atoms with van der Waals surface area (Å²) in [5, 5.41) is 0.681. The van der Waals surface area contributed by atoms with Crippen LogP contribution in [-0.2, 0) is 0 Å². The van der Waals surface area contributed by atoms with Crippen molar-refractivity contribution in [3.63, 3.8) is 0 Å². The second kappa shape index (κ2) is 3.75. The fourth-order valence-electron chi connectivity index (χ4n) is 1.28. The SMILES string of the molecule is C=Cc1c(Cl)cc(C)c(C)c1N=C. The van der Waals surface area contributed by atoms with Crippen molar-refractivity contribution in [2.45, 2.75) is 13.8 Å². The van der Waals surface area contributed by atoms with Gasteiger partial charge in [0.05, 0.1) is 10.7 Å². The van der Waals surface area contributed by atoms with E-state index in [0.29, 0.717) is 5.02 Å². The normalized spacial score (nSPS) is 9.77. The Hall–Kier alpha value is -1.08. The van der Waals surface area contributed by atoms with Crippen LogP contribution < -0.4 is 0 Å². The number of benzene rings is 1. The molecule has 1 nitrogen and oxygen atoms in total. The summed E-state index contributed by atoms with van der Waals surface area (Å²) in [5.41, 5.74) is 3.92. The van der Waals surface area contributed by atoms with Gasteiger partial charge in [-0.2, -0.15) is 0 Å². The van der Waals surface area contributed by atoms with Crippen LogP contribution in [0.3, 0.4) is 0 Å². The van der Waals surface area contributed by atoms with E-state index in [0.717, 1.165) is 22.4 Å². The van der Waals surface area contributed by atoms with Crippen LogP contribution in [0.15, 0.2) is 17.6 Å². The Morgan fingerprint density at radius 3 is 2.54 bits per heavy atom. The molecule has 2 heteroatoms. The van der Waals surface area contributed by atoms with E-state index >= 15 is 0 Å². The summed E-state index contributed by atoms with van der Waals surface area (Å²) in [4.78, 5) is 3.96. The Bertz CT molecular complexity index is 367. The fraction of sp³-hybridized carbons (Fsp3) is 0.182. The number of halogens is 1. The zero-order chi connectivity index (χ0) is 10.0. The molecule has 0 aliphatic carbocycles. The van der Waals surface area contributed by atoms with E-state index in [1.54, 1.807) is 6.08 Å². The molecule has 0 heterocycles. The summed E-state index contributed by atoms with van der Waals surface area (Å²) in [7, 11) is 0. The van der Waals surface area contributed by atoms with Gasteiger partial charge in [-0.3, -0.25) is 4.99 Å². The van der Waals surface area contributed by atoms with Crippen LogP contribution in [0.25, 0.3) is 6.08 Å². The first-order chi connectivity index (χ1) is 6.11. The molecule has 0 fully saturated rings. The lowest BCUT2D eigenvalue weighted by molar-refractivity contribution is 1.31. The topological polar surface area (TPSA) is 12.4 Å². The molecule has 0 N–H and O–H groups in total. The van der Waals surface area contributed by atoms with E-state index in [9.17, 15) is 0 Å². The van der Waals surface area contributed by atoms with Gasteiger partial charge in [-0.25, -0.2) is 0 Å². The van der Waals surface area contributed by atoms with Crippen molar-refractivity contribution >= 4 is 30.1 Å². The van der Waals surface area contributed by atoms with Crippen molar-refractivity contribution in [1.82, 2.24) is 0 Å². The van der Waals surface area contributed by atoms with Crippen molar-refractivity contribution in [2.75, 3.05) is 0 Å². The molecular formula is C11H12ClN. The third-order valence-electron chi connectivity index (χ3n) is 2.16. The summed E-state index contributed by atoms with van der Waals surface area (Å²) >= 11 is 6.03. The molecule has 0 aliphatic heterocycles. The molecular weight excluding hydrogens is 182 g/mol. The zero-order valence-electron chi connectivity index (χ0n) is 7.89. The van der Waals surface area contributed by atoms with Gasteiger partial charge in [-0.05, 0) is 37.8 Å². The molecule has 0 saturated heterocycles. The third kappa shape index (κ3) is 1.65. The van der Waals surface area contributed by atoms with Crippen LogP contribution in [0.4, 0.5) is 5.69 Å². The van der Waals surface area contributed by atoms with Gasteiger partial charge in [-0.15, -0.1) is 0 Å². The van der Waals surface area contributed by atoms with Crippen molar-refractivity contribution in [2.24, 2.45) is 4.99 Å². The van der Waals surface area contributed by atoms with Crippen molar-refractivity contribution in [3.05, 3.63) is 34.4 Å². The third-order valence-corrected chi connectivity index (χ3v) is 2.48. The highest BCUT2D eigenvalue weighted by atomic mass is 35.5. The molecule has 1 rings (SSSR count). The lowest BCUT2D eigenvalue weighted by Gasteiger charge is -2.09. The highest BCUT2D eigenvalue weighted by molar-refractivity contribution is 6.32. The lowest BCUT2D eigenvalue weighted by Crippen LogP contribution is -1.86. The number of nitrogens with zero attached hydrogens (tertiary/aromatic N) is 1. The lowest BCUT2D eigenvalue weighted by atomic mass is 10.0. The van der Waals surface area contributed by atoms with Crippen LogP contribution in [0.1, 0.15) is 16.7 Å². The average Bonchev–Trinajstić information content (AvgIpc) is 2.10. The van der Waals surface area contributed by atoms with Crippen LogP contribution in [0.2, 0.25) is 5.02 Å². The van der Waals surface area contributed by atoms with Crippen molar-refractivity contribution in [1.29, 1.82) is 0 Å². The Labute approximate surface area is 83.8 Å². The van der Waals surface area contributed by atoms with Gasteiger partial charge in [0.1, 0.15) is 0 Å². The van der Waals surface area contributed by atoms with Crippen LogP contribution >= 0.6 is 11.6 Å². The summed E-state index contributed by atoms with van der Waals surface area (Å²) in [5.74, 6) is 0. The van der Waals surface area contributed by atoms with E-state index in [1.807, 2.05) is 19.9 Å². The second-order valence-corrected chi connectivity index (χ2v) is 3.33. The molecule has 0 bridgehead atoms. The molecule has 1 aromatic rings. The smallest absolute Gasteiger partial charge is 0.0741 e. The molecule has 0 unspecified atom stereocenters. The summed E-state index contributed by atoms with van der Waals surface area (Å²) in [6, 6.07) is 1.92. The molecule has 0 spiro atoms. The monoisotopic (exact) mass is 193 g/mol. The number of aliphatic imine (C=N–C) groups is 1. The summed E-state index contributed by atoms with van der Waals surface area (Å²) < 4.78 is 0. The molecule has 1 aromatic carbocycles. The molecule has 0 atom stereocenters. The van der Waals surface area contributed by atoms with E-state index in [4.69, 9.17) is 11.6 Å². The first kappa shape index (κ1) is 10.0. The summed E-state index contributed by atoms with van der Waals surface area (Å²) in [6.07, 6.45) is 1.71. The predicted molar refractivity (Wildman–Crippen MR) is 60.2 cm³/mol. The molecule has 0 aliphatic rings. The highest BCUT2D eigenvalue weighted by Gasteiger charge is 2.08. The van der Waals surface area contributed by atoms with Crippen LogP contribution in [0, 0.1) is 13.8 Å². The van der Waals surface area contributed by atoms with Gasteiger partial charge < -0.3 is 0 Å². The molecule has 0 amide bonds. The molecule has 0 saturated carbocycles. The Morgan fingerprint density at radius 2 is 2.08 bits per heavy atom. The van der Waals surface area contributed by atoms with E-state index < -0.39 is 0 Å². The van der Waals surface area contributed by atoms with Gasteiger partial charge in [0, 0.05) is 5.56 Å². The van der Waals surface area contributed by atoms with Gasteiger partial charge in [-0.1, -0.05) is 24.3 Å². The molecule has 13 heavy (non-hydrogen) atoms. The maximum Gasteiger partial charge on any atom is 0.0741 e. The number of hydrogen-bond acceptors (Lipinski definition) is 1. The van der Waals surface area contributed by atoms with Gasteiger partial charge in [0.2, 0.25) is 0 Å². The molecule has 0 radical (unpaired) electrons.